The number of benzene rings is 1. The summed E-state index contributed by atoms with van der Waals surface area (Å²) in [6.07, 6.45) is 1.40. The van der Waals surface area contributed by atoms with Gasteiger partial charge in [-0.1, -0.05) is 17.9 Å². The van der Waals surface area contributed by atoms with E-state index in [0.717, 1.165) is 11.1 Å². The molecule has 0 fully saturated rings. The minimum atomic E-state index is -0.171. The van der Waals surface area contributed by atoms with Crippen molar-refractivity contribution in [1.29, 1.82) is 0 Å². The van der Waals surface area contributed by atoms with Gasteiger partial charge in [-0.25, -0.2) is 4.98 Å². The van der Waals surface area contributed by atoms with E-state index in [1.807, 2.05) is 13.0 Å². The molecule has 2 aromatic rings. The van der Waals surface area contributed by atoms with Crippen molar-refractivity contribution in [3.63, 3.8) is 0 Å². The van der Waals surface area contributed by atoms with Crippen LogP contribution >= 0.6 is 0 Å². The summed E-state index contributed by atoms with van der Waals surface area (Å²) in [5.74, 6) is 6.18. The lowest BCUT2D eigenvalue weighted by Crippen LogP contribution is -2.24. The van der Waals surface area contributed by atoms with Crippen LogP contribution in [-0.4, -0.2) is 27.6 Å². The van der Waals surface area contributed by atoms with E-state index in [0.29, 0.717) is 24.5 Å². The number of aromatic nitrogens is 3. The molecule has 2 rings (SSSR count). The number of hydrogen-bond donors (Lipinski definition) is 3. The topological polar surface area (TPSA) is 96.7 Å². The van der Waals surface area contributed by atoms with Gasteiger partial charge in [0, 0.05) is 11.1 Å². The highest BCUT2D eigenvalue weighted by Crippen LogP contribution is 2.12. The van der Waals surface area contributed by atoms with Gasteiger partial charge in [-0.15, -0.1) is 0 Å². The number of hydrogen-bond acceptors (Lipinski definition) is 4. The van der Waals surface area contributed by atoms with Crippen LogP contribution in [0.3, 0.4) is 0 Å². The zero-order chi connectivity index (χ0) is 14.4. The van der Waals surface area contributed by atoms with Crippen LogP contribution < -0.4 is 11.1 Å². The maximum Gasteiger partial charge on any atom is 0.251 e. The molecular formula is C14H15N5O. The Morgan fingerprint density at radius 2 is 2.35 bits per heavy atom. The van der Waals surface area contributed by atoms with Gasteiger partial charge in [-0.3, -0.25) is 9.89 Å². The second-order valence-corrected chi connectivity index (χ2v) is 4.10. The number of H-pyrrole nitrogens is 1. The summed E-state index contributed by atoms with van der Waals surface area (Å²) in [7, 11) is 0. The molecule has 102 valence electrons. The fraction of sp³-hybridized carbons (Fsp3) is 0.214. The van der Waals surface area contributed by atoms with E-state index in [2.05, 4.69) is 32.3 Å². The Kier molecular flexibility index (Phi) is 4.47. The van der Waals surface area contributed by atoms with Crippen molar-refractivity contribution in [2.45, 2.75) is 13.5 Å². The average Bonchev–Trinajstić information content (AvgIpc) is 2.97. The summed E-state index contributed by atoms with van der Waals surface area (Å²) >= 11 is 0. The minimum absolute atomic E-state index is 0.171. The number of carbonyl (C=O) groups is 1. The Balaban J connectivity index is 2.13. The predicted molar refractivity (Wildman–Crippen MR) is 74.7 cm³/mol. The lowest BCUT2D eigenvalue weighted by atomic mass is 10.0. The molecule has 0 aliphatic rings. The minimum Gasteiger partial charge on any atom is -0.345 e. The molecule has 0 saturated heterocycles. The lowest BCUT2D eigenvalue weighted by Gasteiger charge is -2.08. The van der Waals surface area contributed by atoms with Gasteiger partial charge in [0.15, 0.2) is 0 Å². The van der Waals surface area contributed by atoms with Gasteiger partial charge in [0.2, 0.25) is 0 Å². The molecule has 0 aliphatic heterocycles. The van der Waals surface area contributed by atoms with Crippen LogP contribution in [0.5, 0.6) is 0 Å². The molecule has 1 amide bonds. The van der Waals surface area contributed by atoms with Gasteiger partial charge in [-0.05, 0) is 24.6 Å². The molecule has 1 heterocycles. The highest BCUT2D eigenvalue weighted by molar-refractivity contribution is 5.96. The Morgan fingerprint density at radius 3 is 3.05 bits per heavy atom. The second kappa shape index (κ2) is 6.50. The molecule has 20 heavy (non-hydrogen) atoms. The molecule has 0 radical (unpaired) electrons. The largest absolute Gasteiger partial charge is 0.345 e. The second-order valence-electron chi connectivity index (χ2n) is 4.10. The molecule has 4 N–H and O–H groups in total. The number of aromatic amines is 1. The molecule has 0 bridgehead atoms. The van der Waals surface area contributed by atoms with Gasteiger partial charge in [0.05, 0.1) is 13.1 Å². The van der Waals surface area contributed by atoms with E-state index in [1.54, 1.807) is 12.1 Å². The van der Waals surface area contributed by atoms with E-state index >= 15 is 0 Å². The van der Waals surface area contributed by atoms with Gasteiger partial charge in [0.25, 0.3) is 5.91 Å². The fourth-order valence-electron chi connectivity index (χ4n) is 1.74. The number of nitrogens with one attached hydrogen (secondary N) is 2. The third-order valence-corrected chi connectivity index (χ3v) is 2.78. The van der Waals surface area contributed by atoms with Crippen LogP contribution in [0.2, 0.25) is 0 Å². The van der Waals surface area contributed by atoms with Gasteiger partial charge >= 0.3 is 0 Å². The lowest BCUT2D eigenvalue weighted by molar-refractivity contribution is 0.0949. The van der Waals surface area contributed by atoms with Gasteiger partial charge in [-0.2, -0.15) is 5.10 Å². The molecule has 0 atom stereocenters. The van der Waals surface area contributed by atoms with Crippen molar-refractivity contribution < 1.29 is 4.79 Å². The summed E-state index contributed by atoms with van der Waals surface area (Å²) in [5.41, 5.74) is 7.59. The first-order valence-corrected chi connectivity index (χ1v) is 6.13. The predicted octanol–water partition coefficient (Wildman–Crippen LogP) is 0.353. The number of carbonyl (C=O) groups excluding carboxylic acids is 1. The zero-order valence-corrected chi connectivity index (χ0v) is 11.1. The van der Waals surface area contributed by atoms with E-state index in [1.165, 1.54) is 6.33 Å². The van der Waals surface area contributed by atoms with Crippen molar-refractivity contribution in [3.8, 4) is 11.8 Å². The summed E-state index contributed by atoms with van der Waals surface area (Å²) in [6.45, 7) is 2.46. The van der Waals surface area contributed by atoms with Crippen LogP contribution in [0.4, 0.5) is 0 Å². The summed E-state index contributed by atoms with van der Waals surface area (Å²) in [4.78, 5) is 16.1. The first-order chi connectivity index (χ1) is 9.72. The maximum atomic E-state index is 12.1. The first-order valence-electron chi connectivity index (χ1n) is 6.13. The Labute approximate surface area is 116 Å². The molecule has 6 nitrogen and oxygen atoms in total. The molecule has 1 aromatic heterocycles. The summed E-state index contributed by atoms with van der Waals surface area (Å²) < 4.78 is 0. The Bertz CT molecular complexity index is 652. The molecule has 0 saturated carbocycles. The van der Waals surface area contributed by atoms with Gasteiger partial charge in [0.1, 0.15) is 12.2 Å². The van der Waals surface area contributed by atoms with Crippen LogP contribution in [-0.2, 0) is 6.54 Å². The number of amides is 1. The maximum absolute atomic E-state index is 12.1. The normalized spacial score (nSPS) is 9.70. The molecule has 6 heteroatoms. The molecule has 0 spiro atoms. The Morgan fingerprint density at radius 1 is 1.50 bits per heavy atom. The van der Waals surface area contributed by atoms with Crippen LogP contribution in [0.1, 0.15) is 27.3 Å². The summed E-state index contributed by atoms with van der Waals surface area (Å²) in [5, 5.41) is 9.19. The molecule has 1 aromatic carbocycles. The van der Waals surface area contributed by atoms with E-state index in [-0.39, 0.29) is 5.91 Å². The monoisotopic (exact) mass is 269 g/mol. The highest BCUT2D eigenvalue weighted by Gasteiger charge is 2.11. The van der Waals surface area contributed by atoms with Crippen molar-refractivity contribution in [3.05, 3.63) is 47.0 Å². The van der Waals surface area contributed by atoms with Crippen LogP contribution in [0.25, 0.3) is 0 Å². The van der Waals surface area contributed by atoms with Crippen molar-refractivity contribution >= 4 is 5.91 Å². The zero-order valence-electron chi connectivity index (χ0n) is 11.1. The fourth-order valence-corrected chi connectivity index (χ4v) is 1.74. The first kappa shape index (κ1) is 13.8. The molecule has 0 aliphatic carbocycles. The van der Waals surface area contributed by atoms with E-state index in [9.17, 15) is 4.79 Å². The van der Waals surface area contributed by atoms with Crippen LogP contribution in [0.15, 0.2) is 24.5 Å². The number of nitrogens with zero attached hydrogens (tertiary/aromatic N) is 2. The quantitative estimate of drug-likeness (QED) is 0.701. The SMILES string of the molecule is Cc1c(C#CCN)cccc1C(=O)NCc1ncn[nH]1. The van der Waals surface area contributed by atoms with Crippen molar-refractivity contribution in [2.24, 2.45) is 5.73 Å². The third kappa shape index (κ3) is 3.22. The van der Waals surface area contributed by atoms with E-state index in [4.69, 9.17) is 5.73 Å². The van der Waals surface area contributed by atoms with Crippen LogP contribution in [0, 0.1) is 18.8 Å². The third-order valence-electron chi connectivity index (χ3n) is 2.78. The van der Waals surface area contributed by atoms with Gasteiger partial charge < -0.3 is 11.1 Å². The molecular weight excluding hydrogens is 254 g/mol. The highest BCUT2D eigenvalue weighted by atomic mass is 16.1. The number of rotatable bonds is 3. The average molecular weight is 269 g/mol. The smallest absolute Gasteiger partial charge is 0.251 e. The van der Waals surface area contributed by atoms with Crippen molar-refractivity contribution in [1.82, 2.24) is 20.5 Å². The Hall–Kier alpha value is -2.65. The standard InChI is InChI=1S/C14H15N5O/c1-10-11(5-3-7-15)4-2-6-12(10)14(20)16-8-13-17-9-18-19-13/h2,4,6,9H,7-8,15H2,1H3,(H,16,20)(H,17,18,19). The summed E-state index contributed by atoms with van der Waals surface area (Å²) in [6, 6.07) is 5.43. The van der Waals surface area contributed by atoms with Crippen molar-refractivity contribution in [2.75, 3.05) is 6.54 Å². The number of nitrogens with two attached hydrogens (primary N) is 1. The molecule has 0 unspecified atom stereocenters. The van der Waals surface area contributed by atoms with E-state index < -0.39 is 0 Å².